The van der Waals surface area contributed by atoms with Crippen LogP contribution in [0.4, 0.5) is 17.5 Å². The molecule has 2 aromatic rings. The van der Waals surface area contributed by atoms with Gasteiger partial charge in [-0.05, 0) is 18.6 Å². The summed E-state index contributed by atoms with van der Waals surface area (Å²) in [6.45, 7) is 0. The maximum absolute atomic E-state index is 11.5. The first-order chi connectivity index (χ1) is 10.9. The van der Waals surface area contributed by atoms with E-state index in [1.807, 2.05) is 0 Å². The molecule has 122 valence electrons. The maximum atomic E-state index is 11.5. The van der Waals surface area contributed by atoms with Gasteiger partial charge in [-0.15, -0.1) is 5.10 Å². The van der Waals surface area contributed by atoms with Crippen molar-refractivity contribution in [2.24, 2.45) is 0 Å². The highest BCUT2D eigenvalue weighted by Crippen LogP contribution is 2.31. The second-order valence-corrected chi connectivity index (χ2v) is 8.15. The molecule has 1 aromatic heterocycles. The number of nitrogens with zero attached hydrogens (tertiary/aromatic N) is 3. The molecule has 1 fully saturated rings. The Balaban J connectivity index is 1.74. The van der Waals surface area contributed by atoms with E-state index >= 15 is 0 Å². The molecule has 2 heterocycles. The molecule has 0 aliphatic carbocycles. The summed E-state index contributed by atoms with van der Waals surface area (Å²) < 4.78 is 22.9. The molecule has 1 aliphatic heterocycles. The average Bonchev–Trinajstić information content (AvgIpc) is 2.83. The molecule has 2 N–H and O–H groups in total. The molecule has 3 rings (SSSR count). The van der Waals surface area contributed by atoms with E-state index < -0.39 is 9.84 Å². The molecule has 1 aromatic carbocycles. The lowest BCUT2D eigenvalue weighted by atomic mass is 10.3. The van der Waals surface area contributed by atoms with Crippen molar-refractivity contribution < 1.29 is 8.42 Å². The average molecular weight is 374 g/mol. The van der Waals surface area contributed by atoms with Crippen molar-refractivity contribution in [2.75, 3.05) is 22.1 Å². The van der Waals surface area contributed by atoms with Crippen LogP contribution in [0, 0.1) is 0 Å². The molecule has 1 unspecified atom stereocenters. The number of hydrogen-bond acceptors (Lipinski definition) is 7. The first kappa shape index (κ1) is 16.2. The van der Waals surface area contributed by atoms with Crippen molar-refractivity contribution in [3.8, 4) is 0 Å². The van der Waals surface area contributed by atoms with E-state index in [9.17, 15) is 8.42 Å². The van der Waals surface area contributed by atoms with Crippen molar-refractivity contribution in [3.63, 3.8) is 0 Å². The molecule has 1 aliphatic rings. The number of nitrogens with one attached hydrogen (secondary N) is 2. The molecule has 7 nitrogen and oxygen atoms in total. The molecule has 0 saturated carbocycles. The predicted molar refractivity (Wildman–Crippen MR) is 90.3 cm³/mol. The van der Waals surface area contributed by atoms with Gasteiger partial charge in [-0.1, -0.05) is 29.3 Å². The molecule has 0 amide bonds. The second kappa shape index (κ2) is 6.46. The van der Waals surface area contributed by atoms with Gasteiger partial charge in [-0.2, -0.15) is 10.1 Å². The van der Waals surface area contributed by atoms with Crippen LogP contribution >= 0.6 is 23.2 Å². The minimum atomic E-state index is -2.97. The zero-order valence-electron chi connectivity index (χ0n) is 11.8. The minimum Gasteiger partial charge on any atom is -0.349 e. The summed E-state index contributed by atoms with van der Waals surface area (Å²) in [6, 6.07) is 4.99. The lowest BCUT2D eigenvalue weighted by molar-refractivity contribution is 0.602. The summed E-state index contributed by atoms with van der Waals surface area (Å²) in [7, 11) is -2.97. The predicted octanol–water partition coefficient (Wildman–Crippen LogP) is 2.52. The Bertz CT molecular complexity index is 831. The summed E-state index contributed by atoms with van der Waals surface area (Å²) in [4.78, 5) is 4.26. The largest absolute Gasteiger partial charge is 0.349 e. The number of benzene rings is 1. The van der Waals surface area contributed by atoms with Gasteiger partial charge >= 0.3 is 0 Å². The van der Waals surface area contributed by atoms with Crippen LogP contribution in [-0.4, -0.2) is 41.1 Å². The molecule has 10 heteroatoms. The summed E-state index contributed by atoms with van der Waals surface area (Å²) in [5.41, 5.74) is 0.592. The van der Waals surface area contributed by atoms with Crippen LogP contribution in [0.5, 0.6) is 0 Å². The zero-order valence-corrected chi connectivity index (χ0v) is 14.2. The molecule has 0 bridgehead atoms. The summed E-state index contributed by atoms with van der Waals surface area (Å²) in [5, 5.41) is 14.5. The van der Waals surface area contributed by atoms with E-state index in [1.54, 1.807) is 18.2 Å². The van der Waals surface area contributed by atoms with Crippen LogP contribution < -0.4 is 10.6 Å². The van der Waals surface area contributed by atoms with Crippen molar-refractivity contribution in [3.05, 3.63) is 34.4 Å². The Hall–Kier alpha value is -1.64. The van der Waals surface area contributed by atoms with Gasteiger partial charge in [-0.25, -0.2) is 8.42 Å². The summed E-state index contributed by atoms with van der Waals surface area (Å²) in [5.74, 6) is 0.935. The molecule has 1 atom stereocenters. The van der Waals surface area contributed by atoms with Crippen LogP contribution in [-0.2, 0) is 9.84 Å². The highest BCUT2D eigenvalue weighted by Gasteiger charge is 2.28. The third kappa shape index (κ3) is 4.01. The van der Waals surface area contributed by atoms with Gasteiger partial charge in [0.2, 0.25) is 5.95 Å². The molecular weight excluding hydrogens is 361 g/mol. The first-order valence-corrected chi connectivity index (χ1v) is 9.38. The smallest absolute Gasteiger partial charge is 0.244 e. The SMILES string of the molecule is O=S1(=O)CCC(Nc2nncc(Nc3cccc(Cl)c3Cl)n2)C1. The van der Waals surface area contributed by atoms with E-state index in [-0.39, 0.29) is 23.5 Å². The third-order valence-electron chi connectivity index (χ3n) is 3.34. The fourth-order valence-corrected chi connectivity index (χ4v) is 4.28. The van der Waals surface area contributed by atoms with Gasteiger partial charge < -0.3 is 10.6 Å². The van der Waals surface area contributed by atoms with Crippen molar-refractivity contribution in [1.82, 2.24) is 15.2 Å². The number of aromatic nitrogens is 3. The van der Waals surface area contributed by atoms with Gasteiger partial charge in [0.25, 0.3) is 0 Å². The minimum absolute atomic E-state index is 0.0775. The van der Waals surface area contributed by atoms with Crippen LogP contribution in [0.15, 0.2) is 24.4 Å². The second-order valence-electron chi connectivity index (χ2n) is 5.14. The van der Waals surface area contributed by atoms with Crippen molar-refractivity contribution in [2.45, 2.75) is 12.5 Å². The Morgan fingerprint density at radius 2 is 2.09 bits per heavy atom. The first-order valence-electron chi connectivity index (χ1n) is 6.81. The topological polar surface area (TPSA) is 96.9 Å². The van der Waals surface area contributed by atoms with E-state index in [4.69, 9.17) is 23.2 Å². The van der Waals surface area contributed by atoms with Crippen LogP contribution in [0.3, 0.4) is 0 Å². The monoisotopic (exact) mass is 373 g/mol. The number of halogens is 2. The van der Waals surface area contributed by atoms with Gasteiger partial charge in [-0.3, -0.25) is 0 Å². The lowest BCUT2D eigenvalue weighted by Gasteiger charge is -2.12. The van der Waals surface area contributed by atoms with Gasteiger partial charge in [0.1, 0.15) is 0 Å². The molecule has 0 radical (unpaired) electrons. The van der Waals surface area contributed by atoms with Gasteiger partial charge in [0.05, 0.1) is 33.4 Å². The normalized spacial score (nSPS) is 19.5. The summed E-state index contributed by atoms with van der Waals surface area (Å²) in [6.07, 6.45) is 1.97. The van der Waals surface area contributed by atoms with E-state index in [1.165, 1.54) is 6.20 Å². The lowest BCUT2D eigenvalue weighted by Crippen LogP contribution is -2.22. The van der Waals surface area contributed by atoms with Crippen LogP contribution in [0.25, 0.3) is 0 Å². The number of hydrogen-bond donors (Lipinski definition) is 2. The van der Waals surface area contributed by atoms with Crippen LogP contribution in [0.2, 0.25) is 10.0 Å². The fourth-order valence-electron chi connectivity index (χ4n) is 2.25. The highest BCUT2D eigenvalue weighted by atomic mass is 35.5. The van der Waals surface area contributed by atoms with Gasteiger partial charge in [0, 0.05) is 6.04 Å². The van der Waals surface area contributed by atoms with Crippen LogP contribution in [0.1, 0.15) is 6.42 Å². The highest BCUT2D eigenvalue weighted by molar-refractivity contribution is 7.91. The molecular formula is C13H13Cl2N5O2S. The quantitative estimate of drug-likeness (QED) is 0.849. The zero-order chi connectivity index (χ0) is 16.4. The maximum Gasteiger partial charge on any atom is 0.244 e. The Morgan fingerprint density at radius 1 is 1.26 bits per heavy atom. The van der Waals surface area contributed by atoms with E-state index in [0.717, 1.165) is 0 Å². The Kier molecular flexibility index (Phi) is 4.56. The van der Waals surface area contributed by atoms with E-state index in [2.05, 4.69) is 25.8 Å². The fraction of sp³-hybridized carbons (Fsp3) is 0.308. The Labute approximate surface area is 143 Å². The summed E-state index contributed by atoms with van der Waals surface area (Å²) >= 11 is 12.1. The van der Waals surface area contributed by atoms with Crippen molar-refractivity contribution in [1.29, 1.82) is 0 Å². The van der Waals surface area contributed by atoms with Gasteiger partial charge in [0.15, 0.2) is 15.7 Å². The molecule has 1 saturated heterocycles. The molecule has 23 heavy (non-hydrogen) atoms. The third-order valence-corrected chi connectivity index (χ3v) is 5.93. The van der Waals surface area contributed by atoms with Crippen molar-refractivity contribution >= 4 is 50.5 Å². The number of anilines is 3. The molecule has 0 spiro atoms. The Morgan fingerprint density at radius 3 is 2.83 bits per heavy atom. The number of sulfone groups is 1. The number of rotatable bonds is 4. The standard InChI is InChI=1S/C13H13Cl2N5O2S/c14-9-2-1-3-10(12(9)15)18-11-6-16-20-13(19-11)17-8-4-5-23(21,22)7-8/h1-3,6,8H,4-5,7H2,(H2,17,18,19,20). The van der Waals surface area contributed by atoms with E-state index in [0.29, 0.717) is 28.0 Å².